The van der Waals surface area contributed by atoms with Gasteiger partial charge >= 0.3 is 0 Å². The van der Waals surface area contributed by atoms with E-state index >= 15 is 0 Å². The molecule has 2 nitrogen and oxygen atoms in total. The van der Waals surface area contributed by atoms with E-state index in [4.69, 9.17) is 0 Å². The van der Waals surface area contributed by atoms with Gasteiger partial charge < -0.3 is 5.32 Å². The smallest absolute Gasteiger partial charge is 0.150 e. The number of rotatable bonds is 2. The lowest BCUT2D eigenvalue weighted by Crippen LogP contribution is -2.08. The van der Waals surface area contributed by atoms with Gasteiger partial charge in [-0.05, 0) is 60.2 Å². The first-order valence-corrected chi connectivity index (χ1v) is 8.15. The van der Waals surface area contributed by atoms with Crippen LogP contribution in [0.15, 0.2) is 10.5 Å². The lowest BCUT2D eigenvalue weighted by atomic mass is 10.0. The summed E-state index contributed by atoms with van der Waals surface area (Å²) < 4.78 is 28.9. The molecule has 0 saturated carbocycles. The molecule has 0 aliphatic heterocycles. The zero-order chi connectivity index (χ0) is 15.0. The van der Waals surface area contributed by atoms with E-state index in [2.05, 4.69) is 26.2 Å². The molecule has 5 heteroatoms. The molecule has 0 saturated heterocycles. The highest BCUT2D eigenvalue weighted by atomic mass is 79.9. The summed E-state index contributed by atoms with van der Waals surface area (Å²) >= 11 is 3.09. The van der Waals surface area contributed by atoms with E-state index in [1.165, 1.54) is 0 Å². The van der Waals surface area contributed by atoms with Crippen LogP contribution in [0.25, 0.3) is 10.9 Å². The number of nitrogens with zero attached hydrogens (tertiary/aromatic N) is 1. The predicted molar refractivity (Wildman–Crippen MR) is 84.8 cm³/mol. The first-order valence-electron chi connectivity index (χ1n) is 7.36. The second-order valence-corrected chi connectivity index (χ2v) is 6.24. The highest BCUT2D eigenvalue weighted by Gasteiger charge is 2.22. The van der Waals surface area contributed by atoms with Gasteiger partial charge in [-0.3, -0.25) is 0 Å². The van der Waals surface area contributed by atoms with Crippen molar-refractivity contribution in [1.29, 1.82) is 0 Å². The predicted octanol–water partition coefficient (Wildman–Crippen LogP) is 4.98. The van der Waals surface area contributed by atoms with Crippen molar-refractivity contribution < 1.29 is 8.78 Å². The number of fused-ring (bicyclic) bond motifs is 2. The van der Waals surface area contributed by atoms with Gasteiger partial charge in [-0.2, -0.15) is 0 Å². The quantitative estimate of drug-likeness (QED) is 0.607. The Labute approximate surface area is 131 Å². The van der Waals surface area contributed by atoms with Crippen LogP contribution in [0.1, 0.15) is 37.4 Å². The number of hydrogen-bond donors (Lipinski definition) is 1. The van der Waals surface area contributed by atoms with Crippen LogP contribution >= 0.6 is 15.9 Å². The van der Waals surface area contributed by atoms with Crippen LogP contribution in [0, 0.1) is 11.6 Å². The summed E-state index contributed by atoms with van der Waals surface area (Å²) in [4.78, 5) is 4.44. The van der Waals surface area contributed by atoms with Crippen molar-refractivity contribution >= 4 is 32.5 Å². The molecule has 1 aromatic carbocycles. The van der Waals surface area contributed by atoms with Gasteiger partial charge in [0.1, 0.15) is 11.3 Å². The van der Waals surface area contributed by atoms with Gasteiger partial charge in [0.05, 0.1) is 15.5 Å². The number of nitrogens with one attached hydrogen (secondary N) is 1. The number of pyridine rings is 1. The molecule has 0 bridgehead atoms. The van der Waals surface area contributed by atoms with E-state index in [1.54, 1.807) is 0 Å². The largest absolute Gasteiger partial charge is 0.384 e. The summed E-state index contributed by atoms with van der Waals surface area (Å²) in [5.74, 6) is -0.925. The Morgan fingerprint density at radius 1 is 1.24 bits per heavy atom. The molecule has 21 heavy (non-hydrogen) atoms. The molecule has 1 N–H and O–H groups in total. The van der Waals surface area contributed by atoms with E-state index < -0.39 is 11.6 Å². The van der Waals surface area contributed by atoms with E-state index in [9.17, 15) is 8.78 Å². The molecule has 1 aliphatic carbocycles. The van der Waals surface area contributed by atoms with Crippen LogP contribution in [0.5, 0.6) is 0 Å². The third-order valence-electron chi connectivity index (χ3n) is 3.99. The first kappa shape index (κ1) is 14.7. The lowest BCUT2D eigenvalue weighted by Gasteiger charge is -2.17. The Kier molecular flexibility index (Phi) is 4.11. The van der Waals surface area contributed by atoms with Crippen molar-refractivity contribution in [3.63, 3.8) is 0 Å². The fourth-order valence-corrected chi connectivity index (χ4v) is 3.44. The molecule has 1 aliphatic rings. The average Bonchev–Trinajstić information content (AvgIpc) is 2.70. The molecule has 0 amide bonds. The molecule has 1 aromatic heterocycles. The highest BCUT2D eigenvalue weighted by molar-refractivity contribution is 9.10. The number of aryl methyl sites for hydroxylation is 1. The van der Waals surface area contributed by atoms with Crippen LogP contribution in [0.2, 0.25) is 0 Å². The number of hydrogen-bond acceptors (Lipinski definition) is 2. The molecule has 0 fully saturated rings. The molecule has 0 radical (unpaired) electrons. The molecule has 0 unspecified atom stereocenters. The third-order valence-corrected chi connectivity index (χ3v) is 4.56. The maximum absolute atomic E-state index is 14.5. The van der Waals surface area contributed by atoms with E-state index in [0.717, 1.165) is 55.1 Å². The molecule has 1 heterocycles. The molecule has 3 rings (SSSR count). The highest BCUT2D eigenvalue weighted by Crippen LogP contribution is 2.37. The Hall–Kier alpha value is -1.23. The molecule has 2 aromatic rings. The van der Waals surface area contributed by atoms with Crippen molar-refractivity contribution in [2.24, 2.45) is 0 Å². The maximum atomic E-state index is 14.5. The third kappa shape index (κ3) is 2.52. The van der Waals surface area contributed by atoms with Crippen LogP contribution < -0.4 is 5.32 Å². The maximum Gasteiger partial charge on any atom is 0.150 e. The number of aromatic nitrogens is 1. The Morgan fingerprint density at radius 3 is 2.76 bits per heavy atom. The Bertz CT molecular complexity index is 701. The van der Waals surface area contributed by atoms with Crippen LogP contribution in [0.4, 0.5) is 14.5 Å². The second kappa shape index (κ2) is 5.87. The summed E-state index contributed by atoms with van der Waals surface area (Å²) in [6, 6.07) is 1.16. The minimum atomic E-state index is -0.482. The zero-order valence-corrected chi connectivity index (χ0v) is 13.5. The standard InChI is InChI=1S/C16H17BrF2N2/c1-2-20-15-9-6-4-3-5-7-12(9)21-16-11(18)8-10(17)14(19)13(15)16/h8H,2-7H2,1H3,(H,20,21). The van der Waals surface area contributed by atoms with E-state index in [1.807, 2.05) is 6.92 Å². The molecule has 112 valence electrons. The Balaban J connectivity index is 2.40. The van der Waals surface area contributed by atoms with Crippen LogP contribution in [-0.4, -0.2) is 11.5 Å². The minimum absolute atomic E-state index is 0.132. The number of benzene rings is 1. The second-order valence-electron chi connectivity index (χ2n) is 5.38. The summed E-state index contributed by atoms with van der Waals surface area (Å²) in [6.07, 6.45) is 4.95. The number of halogens is 3. The number of anilines is 1. The van der Waals surface area contributed by atoms with Gasteiger partial charge in [0, 0.05) is 12.2 Å². The zero-order valence-electron chi connectivity index (χ0n) is 11.9. The van der Waals surface area contributed by atoms with Gasteiger partial charge in [-0.1, -0.05) is 6.42 Å². The SMILES string of the molecule is CCNc1c2c(nc3c(F)cc(Br)c(F)c13)CCCCC2. The first-order chi connectivity index (χ1) is 10.1. The molecule has 0 atom stereocenters. The summed E-state index contributed by atoms with van der Waals surface area (Å²) in [5, 5.41) is 3.50. The lowest BCUT2D eigenvalue weighted by molar-refractivity contribution is 0.609. The van der Waals surface area contributed by atoms with Gasteiger partial charge in [0.2, 0.25) is 0 Å². The van der Waals surface area contributed by atoms with Gasteiger partial charge in [-0.25, -0.2) is 13.8 Å². The van der Waals surface area contributed by atoms with Gasteiger partial charge in [0.15, 0.2) is 5.82 Å². The summed E-state index contributed by atoms with van der Waals surface area (Å²) in [5.41, 5.74) is 2.82. The van der Waals surface area contributed by atoms with E-state index in [0.29, 0.717) is 6.54 Å². The van der Waals surface area contributed by atoms with Gasteiger partial charge in [-0.15, -0.1) is 0 Å². The molecular weight excluding hydrogens is 338 g/mol. The monoisotopic (exact) mass is 354 g/mol. The van der Waals surface area contributed by atoms with E-state index in [-0.39, 0.29) is 15.4 Å². The normalized spacial score (nSPS) is 14.9. The van der Waals surface area contributed by atoms with Crippen molar-refractivity contribution in [3.05, 3.63) is 33.4 Å². The van der Waals surface area contributed by atoms with Crippen molar-refractivity contribution in [3.8, 4) is 0 Å². The van der Waals surface area contributed by atoms with Crippen LogP contribution in [-0.2, 0) is 12.8 Å². The molecular formula is C16H17BrF2N2. The fraction of sp³-hybridized carbons (Fsp3) is 0.438. The Morgan fingerprint density at radius 2 is 2.00 bits per heavy atom. The minimum Gasteiger partial charge on any atom is -0.384 e. The fourth-order valence-electron chi connectivity index (χ4n) is 3.04. The van der Waals surface area contributed by atoms with Gasteiger partial charge in [0.25, 0.3) is 0 Å². The van der Waals surface area contributed by atoms with Crippen molar-refractivity contribution in [2.45, 2.75) is 39.0 Å². The summed E-state index contributed by atoms with van der Waals surface area (Å²) in [7, 11) is 0. The summed E-state index contributed by atoms with van der Waals surface area (Å²) in [6.45, 7) is 2.63. The molecule has 0 spiro atoms. The topological polar surface area (TPSA) is 24.9 Å². The van der Waals surface area contributed by atoms with Crippen molar-refractivity contribution in [2.75, 3.05) is 11.9 Å². The average molecular weight is 355 g/mol. The van der Waals surface area contributed by atoms with Crippen molar-refractivity contribution in [1.82, 2.24) is 4.98 Å². The van der Waals surface area contributed by atoms with Crippen LogP contribution in [0.3, 0.4) is 0 Å².